The van der Waals surface area contributed by atoms with Crippen LogP contribution in [0.2, 0.25) is 0 Å². The first-order valence-corrected chi connectivity index (χ1v) is 10.4. The molecule has 6 nitrogen and oxygen atoms in total. The van der Waals surface area contributed by atoms with Gasteiger partial charge in [0.2, 0.25) is 5.91 Å². The molecule has 164 valence electrons. The summed E-state index contributed by atoms with van der Waals surface area (Å²) in [6.07, 6.45) is 3.64. The molecule has 0 unspecified atom stereocenters. The molecule has 1 saturated heterocycles. The van der Waals surface area contributed by atoms with Gasteiger partial charge in [-0.3, -0.25) is 9.79 Å². The molecule has 2 N–H and O–H groups in total. The minimum Gasteiger partial charge on any atom is -0.493 e. The summed E-state index contributed by atoms with van der Waals surface area (Å²) in [5, 5.41) is 6.19. The Morgan fingerprint density at radius 1 is 1.24 bits per heavy atom. The number of rotatable bonds is 8. The normalized spacial score (nSPS) is 15.1. The summed E-state index contributed by atoms with van der Waals surface area (Å²) < 4.78 is 5.74. The van der Waals surface area contributed by atoms with Crippen molar-refractivity contribution in [3.8, 4) is 5.75 Å². The molecule has 1 aromatic rings. The Bertz CT molecular complexity index is 626. The molecule has 1 heterocycles. The standard InChI is InChI=1S/C22H36N4O2.HI/c1-17(2)16-28-20-7-5-18(6-8-20)9-12-25-22(24-4)26-13-10-19(11-14-26)15-21(27)23-3;/h5-8,17,19H,9-16H2,1-4H3,(H,23,27)(H,24,25);1H. The van der Waals surface area contributed by atoms with E-state index in [9.17, 15) is 4.79 Å². The minimum absolute atomic E-state index is 0. The number of piperidine rings is 1. The van der Waals surface area contributed by atoms with Gasteiger partial charge >= 0.3 is 0 Å². The molecule has 7 heteroatoms. The molecule has 1 aromatic carbocycles. The van der Waals surface area contributed by atoms with Gasteiger partial charge in [0.15, 0.2) is 5.96 Å². The van der Waals surface area contributed by atoms with Crippen LogP contribution >= 0.6 is 24.0 Å². The van der Waals surface area contributed by atoms with Crippen molar-refractivity contribution < 1.29 is 9.53 Å². The van der Waals surface area contributed by atoms with E-state index in [-0.39, 0.29) is 29.9 Å². The lowest BCUT2D eigenvalue weighted by Crippen LogP contribution is -2.46. The Hall–Kier alpha value is -1.51. The summed E-state index contributed by atoms with van der Waals surface area (Å²) >= 11 is 0. The van der Waals surface area contributed by atoms with Gasteiger partial charge in [0.25, 0.3) is 0 Å². The fraction of sp³-hybridized carbons (Fsp3) is 0.636. The zero-order valence-corrected chi connectivity index (χ0v) is 20.6. The molecule has 29 heavy (non-hydrogen) atoms. The van der Waals surface area contributed by atoms with Crippen LogP contribution in [0.1, 0.15) is 38.7 Å². The van der Waals surface area contributed by atoms with Gasteiger partial charge in [-0.25, -0.2) is 0 Å². The number of benzene rings is 1. The number of carbonyl (C=O) groups is 1. The van der Waals surface area contributed by atoms with Crippen LogP contribution in [-0.4, -0.2) is 57.1 Å². The van der Waals surface area contributed by atoms with Gasteiger partial charge in [-0.1, -0.05) is 26.0 Å². The van der Waals surface area contributed by atoms with E-state index in [0.717, 1.165) is 57.2 Å². The van der Waals surface area contributed by atoms with Crippen LogP contribution in [0.3, 0.4) is 0 Å². The Labute approximate surface area is 192 Å². The number of carbonyl (C=O) groups excluding carboxylic acids is 1. The lowest BCUT2D eigenvalue weighted by Gasteiger charge is -2.34. The zero-order chi connectivity index (χ0) is 20.4. The largest absolute Gasteiger partial charge is 0.493 e. The van der Waals surface area contributed by atoms with Crippen LogP contribution in [-0.2, 0) is 11.2 Å². The predicted octanol–water partition coefficient (Wildman–Crippen LogP) is 3.31. The van der Waals surface area contributed by atoms with Crippen molar-refractivity contribution >= 4 is 35.8 Å². The van der Waals surface area contributed by atoms with Gasteiger partial charge in [0, 0.05) is 40.2 Å². The van der Waals surface area contributed by atoms with Gasteiger partial charge in [-0.05, 0) is 48.8 Å². The maximum atomic E-state index is 11.5. The van der Waals surface area contributed by atoms with E-state index in [1.807, 2.05) is 19.2 Å². The molecule has 0 atom stereocenters. The van der Waals surface area contributed by atoms with Gasteiger partial charge in [-0.15, -0.1) is 24.0 Å². The molecule has 0 bridgehead atoms. The highest BCUT2D eigenvalue weighted by Gasteiger charge is 2.22. The SMILES string of the molecule is CN=C(NCCc1ccc(OCC(C)C)cc1)N1CCC(CC(=O)NC)CC1.I. The Kier molecular flexibility index (Phi) is 12.0. The molecule has 0 aromatic heterocycles. The lowest BCUT2D eigenvalue weighted by atomic mass is 9.93. The summed E-state index contributed by atoms with van der Waals surface area (Å²) in [6.45, 7) is 7.79. The van der Waals surface area contributed by atoms with Crippen molar-refractivity contribution in [1.82, 2.24) is 15.5 Å². The molecule has 1 aliphatic rings. The zero-order valence-electron chi connectivity index (χ0n) is 18.2. The summed E-state index contributed by atoms with van der Waals surface area (Å²) in [6, 6.07) is 8.35. The quantitative estimate of drug-likeness (QED) is 0.316. The first-order valence-electron chi connectivity index (χ1n) is 10.4. The molecule has 1 aliphatic heterocycles. The average Bonchev–Trinajstić information content (AvgIpc) is 2.71. The molecule has 0 radical (unpaired) electrons. The highest BCUT2D eigenvalue weighted by Crippen LogP contribution is 2.20. The van der Waals surface area contributed by atoms with E-state index in [2.05, 4.69) is 46.5 Å². The first kappa shape index (κ1) is 25.5. The molecule has 0 spiro atoms. The van der Waals surface area contributed by atoms with E-state index < -0.39 is 0 Å². The van der Waals surface area contributed by atoms with Crippen LogP contribution in [0.5, 0.6) is 5.75 Å². The number of nitrogens with zero attached hydrogens (tertiary/aromatic N) is 2. The number of likely N-dealkylation sites (tertiary alicyclic amines) is 1. The van der Waals surface area contributed by atoms with Crippen molar-refractivity contribution in [2.75, 3.05) is 40.3 Å². The number of guanidine groups is 1. The van der Waals surface area contributed by atoms with Gasteiger partial charge < -0.3 is 20.3 Å². The van der Waals surface area contributed by atoms with Gasteiger partial charge in [0.05, 0.1) is 6.61 Å². The Morgan fingerprint density at radius 2 is 1.90 bits per heavy atom. The first-order chi connectivity index (χ1) is 13.5. The van der Waals surface area contributed by atoms with E-state index in [0.29, 0.717) is 18.3 Å². The molecular weight excluding hydrogens is 479 g/mol. The Balaban J connectivity index is 0.00000420. The van der Waals surface area contributed by atoms with E-state index in [1.165, 1.54) is 5.56 Å². The second-order valence-electron chi connectivity index (χ2n) is 7.88. The van der Waals surface area contributed by atoms with Crippen LogP contribution in [0.15, 0.2) is 29.3 Å². The van der Waals surface area contributed by atoms with Gasteiger partial charge in [-0.2, -0.15) is 0 Å². The number of amides is 1. The van der Waals surface area contributed by atoms with Crippen LogP contribution in [0.4, 0.5) is 0 Å². The third-order valence-corrected chi connectivity index (χ3v) is 5.08. The predicted molar refractivity (Wildman–Crippen MR) is 130 cm³/mol. The second kappa shape index (κ2) is 13.7. The summed E-state index contributed by atoms with van der Waals surface area (Å²) in [7, 11) is 3.54. The van der Waals surface area contributed by atoms with Gasteiger partial charge in [0.1, 0.15) is 5.75 Å². The second-order valence-corrected chi connectivity index (χ2v) is 7.88. The maximum absolute atomic E-state index is 11.5. The maximum Gasteiger partial charge on any atom is 0.220 e. The number of hydrogen-bond donors (Lipinski definition) is 2. The molecule has 1 fully saturated rings. The molecule has 0 aliphatic carbocycles. The number of aliphatic imine (C=N–C) groups is 1. The van der Waals surface area contributed by atoms with Crippen molar-refractivity contribution in [2.45, 2.75) is 39.5 Å². The fourth-order valence-electron chi connectivity index (χ4n) is 3.38. The number of halogens is 1. The Morgan fingerprint density at radius 3 is 2.45 bits per heavy atom. The molecule has 0 saturated carbocycles. The topological polar surface area (TPSA) is 66.0 Å². The summed E-state index contributed by atoms with van der Waals surface area (Å²) in [4.78, 5) is 18.3. The fourth-order valence-corrected chi connectivity index (χ4v) is 3.38. The number of ether oxygens (including phenoxy) is 1. The highest BCUT2D eigenvalue weighted by molar-refractivity contribution is 14.0. The van der Waals surface area contributed by atoms with Crippen molar-refractivity contribution in [3.05, 3.63) is 29.8 Å². The smallest absolute Gasteiger partial charge is 0.220 e. The van der Waals surface area contributed by atoms with E-state index in [1.54, 1.807) is 7.05 Å². The van der Waals surface area contributed by atoms with Crippen molar-refractivity contribution in [1.29, 1.82) is 0 Å². The van der Waals surface area contributed by atoms with Crippen LogP contribution in [0.25, 0.3) is 0 Å². The number of hydrogen-bond acceptors (Lipinski definition) is 3. The highest BCUT2D eigenvalue weighted by atomic mass is 127. The number of nitrogens with one attached hydrogen (secondary N) is 2. The third kappa shape index (κ3) is 9.23. The van der Waals surface area contributed by atoms with Crippen LogP contribution < -0.4 is 15.4 Å². The average molecular weight is 516 g/mol. The lowest BCUT2D eigenvalue weighted by molar-refractivity contribution is -0.121. The van der Waals surface area contributed by atoms with E-state index in [4.69, 9.17) is 4.74 Å². The molecular formula is C22H37IN4O2. The molecule has 1 amide bonds. The molecule has 2 rings (SSSR count). The summed E-state index contributed by atoms with van der Waals surface area (Å²) in [5.74, 6) is 3.04. The van der Waals surface area contributed by atoms with Crippen molar-refractivity contribution in [2.24, 2.45) is 16.8 Å². The van der Waals surface area contributed by atoms with Crippen LogP contribution in [0, 0.1) is 11.8 Å². The van der Waals surface area contributed by atoms with Crippen molar-refractivity contribution in [3.63, 3.8) is 0 Å². The summed E-state index contributed by atoms with van der Waals surface area (Å²) in [5.41, 5.74) is 1.28. The van der Waals surface area contributed by atoms with E-state index >= 15 is 0 Å². The minimum atomic E-state index is 0. The monoisotopic (exact) mass is 516 g/mol. The third-order valence-electron chi connectivity index (χ3n) is 5.08.